The normalized spacial score (nSPS) is 18.2. The molecule has 3 rings (SSSR count). The van der Waals surface area contributed by atoms with Crippen LogP contribution in [0.2, 0.25) is 0 Å². The van der Waals surface area contributed by atoms with E-state index in [0.717, 1.165) is 4.90 Å². The summed E-state index contributed by atoms with van der Waals surface area (Å²) < 4.78 is 17.4. The van der Waals surface area contributed by atoms with Crippen molar-refractivity contribution in [2.24, 2.45) is 5.92 Å². The Labute approximate surface area is 125 Å². The third-order valence-corrected chi connectivity index (χ3v) is 3.62. The Morgan fingerprint density at radius 2 is 1.95 bits per heavy atom. The number of imide groups is 1. The monoisotopic (exact) mass is 307 g/mol. The highest BCUT2D eigenvalue weighted by molar-refractivity contribution is 5.97. The first-order valence-electron chi connectivity index (χ1n) is 6.81. The number of anilines is 1. The maximum Gasteiger partial charge on any atom is 0.417 e. The molecule has 22 heavy (non-hydrogen) atoms. The summed E-state index contributed by atoms with van der Waals surface area (Å²) in [6.45, 7) is 0.951. The number of urea groups is 1. The van der Waals surface area contributed by atoms with Crippen LogP contribution in [0.5, 0.6) is 0 Å². The zero-order valence-corrected chi connectivity index (χ0v) is 11.6. The molecule has 0 bridgehead atoms. The summed E-state index contributed by atoms with van der Waals surface area (Å²) in [4.78, 5) is 37.3. The molecule has 0 aliphatic carbocycles. The lowest BCUT2D eigenvalue weighted by molar-refractivity contribution is -0.126. The molecule has 2 heterocycles. The molecule has 7 nitrogen and oxygen atoms in total. The average Bonchev–Trinajstić information content (AvgIpc) is 2.75. The Hall–Kier alpha value is -2.64. The van der Waals surface area contributed by atoms with Crippen LogP contribution in [-0.2, 0) is 9.53 Å². The summed E-state index contributed by atoms with van der Waals surface area (Å²) in [5.41, 5.74) is 0.508. The van der Waals surface area contributed by atoms with Crippen LogP contribution in [0.4, 0.5) is 19.7 Å². The number of benzene rings is 1. The SMILES string of the molecule is O=C(Nc1ccc(F)cc1)N1CC(CN2C(=O)COC2=O)C1. The second-order valence-electron chi connectivity index (χ2n) is 5.27. The van der Waals surface area contributed by atoms with E-state index in [1.54, 1.807) is 4.90 Å². The number of nitrogens with zero attached hydrogens (tertiary/aromatic N) is 2. The molecule has 2 saturated heterocycles. The van der Waals surface area contributed by atoms with E-state index in [0.29, 0.717) is 18.8 Å². The molecular formula is C14H14FN3O4. The maximum absolute atomic E-state index is 12.8. The summed E-state index contributed by atoms with van der Waals surface area (Å²) in [6.07, 6.45) is -0.626. The van der Waals surface area contributed by atoms with E-state index < -0.39 is 6.09 Å². The number of likely N-dealkylation sites (tertiary alicyclic amines) is 1. The molecule has 4 amide bonds. The van der Waals surface area contributed by atoms with Crippen molar-refractivity contribution in [3.8, 4) is 0 Å². The van der Waals surface area contributed by atoms with Gasteiger partial charge in [-0.3, -0.25) is 4.79 Å². The summed E-state index contributed by atoms with van der Waals surface area (Å²) in [7, 11) is 0. The zero-order chi connectivity index (χ0) is 15.7. The summed E-state index contributed by atoms with van der Waals surface area (Å²) >= 11 is 0. The predicted octanol–water partition coefficient (Wildman–Crippen LogP) is 1.27. The number of hydrogen-bond acceptors (Lipinski definition) is 4. The van der Waals surface area contributed by atoms with Gasteiger partial charge in [-0.05, 0) is 24.3 Å². The predicted molar refractivity (Wildman–Crippen MR) is 73.5 cm³/mol. The molecule has 0 spiro atoms. The molecule has 0 radical (unpaired) electrons. The van der Waals surface area contributed by atoms with Crippen LogP contribution in [0.25, 0.3) is 0 Å². The number of nitrogens with one attached hydrogen (secondary N) is 1. The van der Waals surface area contributed by atoms with E-state index in [4.69, 9.17) is 0 Å². The Balaban J connectivity index is 1.46. The molecule has 2 aliphatic rings. The van der Waals surface area contributed by atoms with Gasteiger partial charge in [-0.25, -0.2) is 18.9 Å². The largest absolute Gasteiger partial charge is 0.439 e. The first-order chi connectivity index (χ1) is 10.5. The van der Waals surface area contributed by atoms with E-state index >= 15 is 0 Å². The highest BCUT2D eigenvalue weighted by Crippen LogP contribution is 2.20. The van der Waals surface area contributed by atoms with E-state index in [2.05, 4.69) is 10.1 Å². The number of amides is 4. The minimum absolute atomic E-state index is 0.0496. The first kappa shape index (κ1) is 14.3. The van der Waals surface area contributed by atoms with Crippen molar-refractivity contribution in [2.45, 2.75) is 0 Å². The van der Waals surface area contributed by atoms with Crippen molar-refractivity contribution in [3.05, 3.63) is 30.1 Å². The molecule has 0 unspecified atom stereocenters. The van der Waals surface area contributed by atoms with Crippen molar-refractivity contribution in [3.63, 3.8) is 0 Å². The lowest BCUT2D eigenvalue weighted by Crippen LogP contribution is -2.55. The second-order valence-corrected chi connectivity index (χ2v) is 5.27. The fourth-order valence-electron chi connectivity index (χ4n) is 2.40. The first-order valence-corrected chi connectivity index (χ1v) is 6.81. The van der Waals surface area contributed by atoms with Gasteiger partial charge in [-0.15, -0.1) is 0 Å². The third-order valence-electron chi connectivity index (χ3n) is 3.62. The van der Waals surface area contributed by atoms with E-state index in [1.807, 2.05) is 0 Å². The van der Waals surface area contributed by atoms with Gasteiger partial charge in [0.15, 0.2) is 6.61 Å². The van der Waals surface area contributed by atoms with Crippen LogP contribution < -0.4 is 5.32 Å². The molecular weight excluding hydrogens is 293 g/mol. The van der Waals surface area contributed by atoms with Gasteiger partial charge < -0.3 is 15.0 Å². The number of carbonyl (C=O) groups is 3. The summed E-state index contributed by atoms with van der Waals surface area (Å²) in [5, 5.41) is 2.65. The molecule has 1 aromatic carbocycles. The Morgan fingerprint density at radius 1 is 1.27 bits per heavy atom. The Morgan fingerprint density at radius 3 is 2.55 bits per heavy atom. The van der Waals surface area contributed by atoms with Crippen LogP contribution in [0.3, 0.4) is 0 Å². The minimum atomic E-state index is -0.626. The van der Waals surface area contributed by atoms with E-state index in [9.17, 15) is 18.8 Å². The minimum Gasteiger partial charge on any atom is -0.439 e. The summed E-state index contributed by atoms with van der Waals surface area (Å²) in [5.74, 6) is -0.669. The van der Waals surface area contributed by atoms with Crippen LogP contribution in [0.15, 0.2) is 24.3 Å². The Bertz CT molecular complexity index is 597. The number of carbonyl (C=O) groups excluding carboxylic acids is 3. The standard InChI is InChI=1S/C14H14FN3O4/c15-10-1-3-11(4-2-10)16-13(20)17-5-9(6-17)7-18-12(19)8-22-14(18)21/h1-4,9H,5-8H2,(H,16,20). The molecule has 2 aliphatic heterocycles. The smallest absolute Gasteiger partial charge is 0.417 e. The van der Waals surface area contributed by atoms with Crippen molar-refractivity contribution in [2.75, 3.05) is 31.6 Å². The van der Waals surface area contributed by atoms with Gasteiger partial charge in [-0.1, -0.05) is 0 Å². The van der Waals surface area contributed by atoms with Gasteiger partial charge in [0.05, 0.1) is 0 Å². The Kier molecular flexibility index (Phi) is 3.66. The van der Waals surface area contributed by atoms with Crippen LogP contribution >= 0.6 is 0 Å². The van der Waals surface area contributed by atoms with Gasteiger partial charge in [0.1, 0.15) is 5.82 Å². The number of rotatable bonds is 3. The van der Waals surface area contributed by atoms with Crippen molar-refractivity contribution in [1.29, 1.82) is 0 Å². The van der Waals surface area contributed by atoms with Crippen LogP contribution in [0.1, 0.15) is 0 Å². The number of hydrogen-bond donors (Lipinski definition) is 1. The topological polar surface area (TPSA) is 79.0 Å². The number of cyclic esters (lactones) is 1. The average molecular weight is 307 g/mol. The van der Waals surface area contributed by atoms with Crippen molar-refractivity contribution < 1.29 is 23.5 Å². The van der Waals surface area contributed by atoms with E-state index in [-0.39, 0.29) is 36.8 Å². The lowest BCUT2D eigenvalue weighted by atomic mass is 10.0. The fourth-order valence-corrected chi connectivity index (χ4v) is 2.40. The van der Waals surface area contributed by atoms with E-state index in [1.165, 1.54) is 24.3 Å². The highest BCUT2D eigenvalue weighted by Gasteiger charge is 2.38. The van der Waals surface area contributed by atoms with Gasteiger partial charge >= 0.3 is 12.1 Å². The molecule has 1 N–H and O–H groups in total. The second kappa shape index (κ2) is 5.63. The van der Waals surface area contributed by atoms with Gasteiger partial charge in [0.25, 0.3) is 5.91 Å². The van der Waals surface area contributed by atoms with Gasteiger partial charge in [-0.2, -0.15) is 0 Å². The van der Waals surface area contributed by atoms with Gasteiger partial charge in [0.2, 0.25) is 0 Å². The molecule has 8 heteroatoms. The van der Waals surface area contributed by atoms with Crippen molar-refractivity contribution >= 4 is 23.7 Å². The molecule has 0 saturated carbocycles. The quantitative estimate of drug-likeness (QED) is 0.912. The van der Waals surface area contributed by atoms with Crippen LogP contribution in [-0.4, -0.2) is 54.1 Å². The molecule has 0 aromatic heterocycles. The molecule has 0 atom stereocenters. The third kappa shape index (κ3) is 2.85. The molecule has 116 valence electrons. The zero-order valence-electron chi connectivity index (χ0n) is 11.6. The fraction of sp³-hybridized carbons (Fsp3) is 0.357. The lowest BCUT2D eigenvalue weighted by Gasteiger charge is -2.40. The maximum atomic E-state index is 12.8. The highest BCUT2D eigenvalue weighted by atomic mass is 19.1. The molecule has 2 fully saturated rings. The van der Waals surface area contributed by atoms with Gasteiger partial charge in [0, 0.05) is 31.2 Å². The molecule has 1 aromatic rings. The number of ether oxygens (including phenoxy) is 1. The van der Waals surface area contributed by atoms with Crippen LogP contribution in [0, 0.1) is 11.7 Å². The summed E-state index contributed by atoms with van der Waals surface area (Å²) in [6, 6.07) is 5.18. The number of halogens is 1. The van der Waals surface area contributed by atoms with Crippen molar-refractivity contribution in [1.82, 2.24) is 9.80 Å².